The lowest BCUT2D eigenvalue weighted by Crippen LogP contribution is -2.35. The Balaban J connectivity index is 4.25. The molecule has 0 radical (unpaired) electrons. The lowest BCUT2D eigenvalue weighted by Gasteiger charge is -2.15. The minimum atomic E-state index is -2.16. The highest BCUT2D eigenvalue weighted by atomic mass is 28.4. The molecule has 0 aromatic heterocycles. The largest absolute Gasteiger partial charge is 0.514 e. The molecule has 0 amide bonds. The summed E-state index contributed by atoms with van der Waals surface area (Å²) in [5.74, 6) is -4.57. The number of hydrogen-bond acceptors (Lipinski definition) is 4. The van der Waals surface area contributed by atoms with E-state index in [4.69, 9.17) is 5.11 Å². The van der Waals surface area contributed by atoms with Gasteiger partial charge in [-0.25, -0.2) is 9.59 Å². The van der Waals surface area contributed by atoms with Crippen LogP contribution in [0.5, 0.6) is 0 Å². The minimum absolute atomic E-state index is 1.28. The van der Waals surface area contributed by atoms with E-state index in [0.29, 0.717) is 0 Å². The number of ketones is 1. The lowest BCUT2D eigenvalue weighted by atomic mass is 10.4. The van der Waals surface area contributed by atoms with E-state index in [1.165, 1.54) is 0 Å². The van der Waals surface area contributed by atoms with Crippen LogP contribution in [-0.4, -0.2) is 31.1 Å². The van der Waals surface area contributed by atoms with Gasteiger partial charge in [0.1, 0.15) is 0 Å². The summed E-state index contributed by atoms with van der Waals surface area (Å²) in [6.45, 7) is 5.04. The van der Waals surface area contributed by atoms with Gasteiger partial charge in [-0.15, -0.1) is 0 Å². The van der Waals surface area contributed by atoms with Crippen molar-refractivity contribution in [1.29, 1.82) is 0 Å². The number of Topliss-reactive ketones (excluding diaryl/α,β-unsaturated/α-hetero) is 1. The molecule has 0 atom stereocenters. The molecule has 0 spiro atoms. The lowest BCUT2D eigenvalue weighted by molar-refractivity contribution is -0.158. The van der Waals surface area contributed by atoms with E-state index >= 15 is 0 Å². The number of carboxylic acid groups (broad SMARTS) is 1. The van der Waals surface area contributed by atoms with Crippen LogP contribution in [0.1, 0.15) is 0 Å². The highest BCUT2D eigenvalue weighted by Gasteiger charge is 2.29. The molecule has 6 heteroatoms. The van der Waals surface area contributed by atoms with Crippen LogP contribution in [0.3, 0.4) is 0 Å². The topological polar surface area (TPSA) is 80.7 Å². The summed E-state index contributed by atoms with van der Waals surface area (Å²) in [7, 11) is -2.16. The molecule has 0 heterocycles. The van der Waals surface area contributed by atoms with Gasteiger partial charge < -0.3 is 9.53 Å². The van der Waals surface area contributed by atoms with Crippen molar-refractivity contribution in [2.45, 2.75) is 19.6 Å². The van der Waals surface area contributed by atoms with Crippen LogP contribution in [0.4, 0.5) is 0 Å². The molecule has 0 bridgehead atoms. The van der Waals surface area contributed by atoms with Gasteiger partial charge in [-0.05, 0) is 19.6 Å². The van der Waals surface area contributed by atoms with Gasteiger partial charge in [0, 0.05) is 0 Å². The highest BCUT2D eigenvalue weighted by Crippen LogP contribution is 2.02. The zero-order valence-electron chi connectivity index (χ0n) is 7.08. The van der Waals surface area contributed by atoms with Gasteiger partial charge in [0.15, 0.2) is 0 Å². The molecule has 0 rings (SSSR count). The van der Waals surface area contributed by atoms with Gasteiger partial charge in [0.2, 0.25) is 8.32 Å². The Hall–Kier alpha value is -1.17. The van der Waals surface area contributed by atoms with Crippen molar-refractivity contribution >= 4 is 26.0 Å². The fraction of sp³-hybridized carbons (Fsp3) is 0.500. The SMILES string of the molecule is C[Si](C)(C)OC(=O)C(=O)C(=O)O. The van der Waals surface area contributed by atoms with Crippen LogP contribution < -0.4 is 0 Å². The first-order chi connectivity index (χ1) is 5.24. The van der Waals surface area contributed by atoms with Gasteiger partial charge in [-0.1, -0.05) is 0 Å². The first kappa shape index (κ1) is 10.8. The maximum atomic E-state index is 10.7. The predicted molar refractivity (Wildman–Crippen MR) is 42.1 cm³/mol. The molecule has 0 aromatic rings. The fourth-order valence-electron chi connectivity index (χ4n) is 0.412. The molecule has 68 valence electrons. The molecule has 0 aliphatic heterocycles. The molecule has 0 aromatic carbocycles. The Morgan fingerprint density at radius 3 is 1.83 bits per heavy atom. The second-order valence-electron chi connectivity index (χ2n) is 3.14. The minimum Gasteiger partial charge on any atom is -0.514 e. The van der Waals surface area contributed by atoms with Crippen molar-refractivity contribution in [2.24, 2.45) is 0 Å². The summed E-state index contributed by atoms with van der Waals surface area (Å²) < 4.78 is 4.63. The van der Waals surface area contributed by atoms with Crippen molar-refractivity contribution in [1.82, 2.24) is 0 Å². The molecule has 1 N–H and O–H groups in total. The summed E-state index contributed by atoms with van der Waals surface area (Å²) in [4.78, 5) is 31.1. The Bertz CT molecular complexity index is 227. The maximum absolute atomic E-state index is 10.7. The zero-order chi connectivity index (χ0) is 9.94. The molecule has 5 nitrogen and oxygen atoms in total. The third-order valence-corrected chi connectivity index (χ3v) is 1.58. The average molecular weight is 190 g/mol. The van der Waals surface area contributed by atoms with Crippen molar-refractivity contribution in [3.63, 3.8) is 0 Å². The second kappa shape index (κ2) is 3.48. The first-order valence-electron chi connectivity index (χ1n) is 3.24. The highest BCUT2D eigenvalue weighted by molar-refractivity contribution is 6.74. The van der Waals surface area contributed by atoms with Gasteiger partial charge in [-0.2, -0.15) is 0 Å². The normalized spacial score (nSPS) is 10.6. The summed E-state index contributed by atoms with van der Waals surface area (Å²) in [6, 6.07) is 0. The fourth-order valence-corrected chi connectivity index (χ4v) is 1.06. The van der Waals surface area contributed by atoms with Gasteiger partial charge in [0.25, 0.3) is 0 Å². The van der Waals surface area contributed by atoms with Crippen LogP contribution >= 0.6 is 0 Å². The molecule has 12 heavy (non-hydrogen) atoms. The molecule has 0 unspecified atom stereocenters. The van der Waals surface area contributed by atoms with E-state index in [0.717, 1.165) is 0 Å². The molecule has 0 saturated carbocycles. The summed E-state index contributed by atoms with van der Waals surface area (Å²) in [5, 5.41) is 8.11. The Morgan fingerprint density at radius 2 is 1.58 bits per heavy atom. The number of rotatable bonds is 3. The van der Waals surface area contributed by atoms with E-state index < -0.39 is 26.0 Å². The maximum Gasteiger partial charge on any atom is 0.384 e. The zero-order valence-corrected chi connectivity index (χ0v) is 8.08. The molecule has 0 aliphatic rings. The summed E-state index contributed by atoms with van der Waals surface area (Å²) in [6.07, 6.45) is 0. The van der Waals surface area contributed by atoms with E-state index in [9.17, 15) is 14.4 Å². The standard InChI is InChI=1S/C6H10O5Si/c1-12(2,3)11-6(10)4(7)5(8)9/h1-3H3,(H,8,9). The molecule has 0 fully saturated rings. The van der Waals surface area contributed by atoms with Crippen LogP contribution in [-0.2, 0) is 18.8 Å². The third kappa shape index (κ3) is 3.87. The average Bonchev–Trinajstić information content (AvgIpc) is 1.82. The van der Waals surface area contributed by atoms with E-state index in [1.807, 2.05) is 0 Å². The van der Waals surface area contributed by atoms with Crippen molar-refractivity contribution in [2.75, 3.05) is 0 Å². The van der Waals surface area contributed by atoms with Gasteiger partial charge in [-0.3, -0.25) is 4.79 Å². The van der Waals surface area contributed by atoms with Crippen molar-refractivity contribution in [3.05, 3.63) is 0 Å². The summed E-state index contributed by atoms with van der Waals surface area (Å²) >= 11 is 0. The third-order valence-electron chi connectivity index (χ3n) is 0.779. The number of carbonyl (C=O) groups is 3. The first-order valence-corrected chi connectivity index (χ1v) is 6.65. The smallest absolute Gasteiger partial charge is 0.384 e. The van der Waals surface area contributed by atoms with Gasteiger partial charge >= 0.3 is 17.7 Å². The quantitative estimate of drug-likeness (QED) is 0.385. The van der Waals surface area contributed by atoms with Crippen molar-refractivity contribution in [3.8, 4) is 0 Å². The molecule has 0 saturated heterocycles. The van der Waals surface area contributed by atoms with Gasteiger partial charge in [0.05, 0.1) is 0 Å². The number of carbonyl (C=O) groups excluding carboxylic acids is 2. The number of aliphatic carboxylic acids is 1. The van der Waals surface area contributed by atoms with Crippen molar-refractivity contribution < 1.29 is 23.9 Å². The molecule has 0 aliphatic carbocycles. The van der Waals surface area contributed by atoms with E-state index in [1.54, 1.807) is 19.6 Å². The molecular formula is C6H10O5Si. The van der Waals surface area contributed by atoms with E-state index in [2.05, 4.69) is 4.43 Å². The number of carboxylic acids is 1. The van der Waals surface area contributed by atoms with Crippen LogP contribution in [0, 0.1) is 0 Å². The monoisotopic (exact) mass is 190 g/mol. The van der Waals surface area contributed by atoms with Crippen LogP contribution in [0.15, 0.2) is 0 Å². The van der Waals surface area contributed by atoms with E-state index in [-0.39, 0.29) is 0 Å². The predicted octanol–water partition coefficient (Wildman–Crippen LogP) is 0.0182. The Labute approximate surface area is 70.5 Å². The Kier molecular flexibility index (Phi) is 3.14. The van der Waals surface area contributed by atoms with Crippen LogP contribution in [0.2, 0.25) is 19.6 Å². The summed E-state index contributed by atoms with van der Waals surface area (Å²) in [5.41, 5.74) is 0. The number of hydrogen-bond donors (Lipinski definition) is 1. The van der Waals surface area contributed by atoms with Crippen LogP contribution in [0.25, 0.3) is 0 Å². The Morgan fingerprint density at radius 1 is 1.17 bits per heavy atom. The molecular weight excluding hydrogens is 180 g/mol. The second-order valence-corrected chi connectivity index (χ2v) is 7.57.